The summed E-state index contributed by atoms with van der Waals surface area (Å²) >= 11 is 0. The molecule has 172 valence electrons. The van der Waals surface area contributed by atoms with Gasteiger partial charge in [-0.2, -0.15) is 5.10 Å². The highest BCUT2D eigenvalue weighted by atomic mass is 19.1. The summed E-state index contributed by atoms with van der Waals surface area (Å²) in [6.07, 6.45) is 8.83. The van der Waals surface area contributed by atoms with Crippen LogP contribution in [0.1, 0.15) is 19.3 Å². The molecule has 0 aliphatic carbocycles. The maximum atomic E-state index is 15.0. The number of pyridine rings is 2. The zero-order valence-corrected chi connectivity index (χ0v) is 19.1. The molecule has 1 aromatic carbocycles. The molecule has 0 spiro atoms. The lowest BCUT2D eigenvalue weighted by Gasteiger charge is -2.27. The van der Waals surface area contributed by atoms with Crippen LogP contribution >= 0.6 is 0 Å². The molecule has 8 nitrogen and oxygen atoms in total. The van der Waals surface area contributed by atoms with Crippen LogP contribution in [-0.4, -0.2) is 57.3 Å². The first-order valence-corrected chi connectivity index (χ1v) is 11.5. The predicted molar refractivity (Wildman–Crippen MR) is 133 cm³/mol. The molecule has 1 aliphatic rings. The highest BCUT2D eigenvalue weighted by Gasteiger charge is 2.20. The maximum absolute atomic E-state index is 15.0. The van der Waals surface area contributed by atoms with E-state index >= 15 is 4.39 Å². The third-order valence-corrected chi connectivity index (χ3v) is 6.46. The third-order valence-electron chi connectivity index (χ3n) is 6.46. The van der Waals surface area contributed by atoms with Crippen LogP contribution in [0.5, 0.6) is 0 Å². The molecule has 0 amide bonds. The number of nitrogens with one attached hydrogen (secondary N) is 2. The normalized spacial score (nSPS) is 14.3. The monoisotopic (exact) mass is 456 g/mol. The van der Waals surface area contributed by atoms with E-state index in [4.69, 9.17) is 4.98 Å². The Morgan fingerprint density at radius 3 is 2.71 bits per heavy atom. The van der Waals surface area contributed by atoms with Gasteiger partial charge in [0.1, 0.15) is 17.0 Å². The average Bonchev–Trinajstić information content (AvgIpc) is 3.47. The number of hydrogen-bond acceptors (Lipinski definition) is 6. The Morgan fingerprint density at radius 2 is 1.88 bits per heavy atom. The van der Waals surface area contributed by atoms with Gasteiger partial charge in [-0.25, -0.2) is 14.4 Å². The van der Waals surface area contributed by atoms with Crippen LogP contribution in [0.3, 0.4) is 0 Å². The SMILES string of the molecule is CN(C)c1cncc(-c2cc3c(-c4nc5c(N6CCCCC6)nccc5[nH]4)n[nH]c3cc2F)c1. The van der Waals surface area contributed by atoms with Gasteiger partial charge in [0.25, 0.3) is 0 Å². The number of fused-ring (bicyclic) bond motifs is 2. The van der Waals surface area contributed by atoms with E-state index in [2.05, 4.69) is 30.0 Å². The zero-order valence-electron chi connectivity index (χ0n) is 19.1. The number of nitrogens with zero attached hydrogens (tertiary/aromatic N) is 6. The molecule has 1 saturated heterocycles. The summed E-state index contributed by atoms with van der Waals surface area (Å²) in [7, 11) is 3.87. The number of aromatic nitrogens is 6. The van der Waals surface area contributed by atoms with Crippen molar-refractivity contribution in [2.45, 2.75) is 19.3 Å². The van der Waals surface area contributed by atoms with Crippen LogP contribution < -0.4 is 9.80 Å². The minimum absolute atomic E-state index is 0.332. The minimum atomic E-state index is -0.332. The molecule has 5 aromatic rings. The fraction of sp³-hybridized carbons (Fsp3) is 0.280. The number of hydrogen-bond donors (Lipinski definition) is 2. The summed E-state index contributed by atoms with van der Waals surface area (Å²) in [5, 5.41) is 8.23. The minimum Gasteiger partial charge on any atom is -0.376 e. The molecule has 0 atom stereocenters. The number of piperidine rings is 1. The van der Waals surface area contributed by atoms with Gasteiger partial charge in [-0.3, -0.25) is 10.1 Å². The first-order chi connectivity index (χ1) is 16.6. The van der Waals surface area contributed by atoms with E-state index in [1.54, 1.807) is 12.4 Å². The Labute approximate surface area is 195 Å². The van der Waals surface area contributed by atoms with Crippen LogP contribution in [0.4, 0.5) is 15.9 Å². The number of anilines is 2. The van der Waals surface area contributed by atoms with Crippen LogP contribution in [0.2, 0.25) is 0 Å². The van der Waals surface area contributed by atoms with E-state index in [0.717, 1.165) is 53.9 Å². The number of benzene rings is 1. The summed E-state index contributed by atoms with van der Waals surface area (Å²) in [5.74, 6) is 1.20. The summed E-state index contributed by atoms with van der Waals surface area (Å²) in [4.78, 5) is 21.5. The predicted octanol–water partition coefficient (Wildman–Crippen LogP) is 4.76. The molecule has 0 radical (unpaired) electrons. The first kappa shape index (κ1) is 20.6. The Morgan fingerprint density at radius 1 is 1.03 bits per heavy atom. The highest BCUT2D eigenvalue weighted by molar-refractivity contribution is 5.97. The number of halogens is 1. The summed E-state index contributed by atoms with van der Waals surface area (Å²) < 4.78 is 15.0. The molecule has 1 aliphatic heterocycles. The molecule has 1 fully saturated rings. The molecular weight excluding hydrogens is 431 g/mol. The molecule has 34 heavy (non-hydrogen) atoms. The molecule has 0 saturated carbocycles. The number of H-pyrrole nitrogens is 2. The lowest BCUT2D eigenvalue weighted by molar-refractivity contribution is 0.574. The average molecular weight is 457 g/mol. The topological polar surface area (TPSA) is 89.6 Å². The molecule has 2 N–H and O–H groups in total. The summed E-state index contributed by atoms with van der Waals surface area (Å²) in [6, 6.07) is 7.15. The first-order valence-electron chi connectivity index (χ1n) is 11.5. The van der Waals surface area contributed by atoms with Gasteiger partial charge in [-0.15, -0.1) is 0 Å². The standard InChI is InChI=1S/C25H25FN8/c1-33(2)16-10-15(13-27-14-16)17-11-18-21(12-19(17)26)31-32-22(18)24-29-20-6-7-28-25(23(20)30-24)34-8-4-3-5-9-34/h6-7,10-14H,3-5,8-9H2,1-2H3,(H,29,30)(H,31,32). The quantitative estimate of drug-likeness (QED) is 0.405. The van der Waals surface area contributed by atoms with Gasteiger partial charge in [-0.05, 0) is 37.5 Å². The van der Waals surface area contributed by atoms with E-state index in [9.17, 15) is 0 Å². The largest absolute Gasteiger partial charge is 0.376 e. The lowest BCUT2D eigenvalue weighted by Crippen LogP contribution is -2.30. The van der Waals surface area contributed by atoms with Crippen LogP contribution in [-0.2, 0) is 0 Å². The van der Waals surface area contributed by atoms with Gasteiger partial charge in [0.15, 0.2) is 11.6 Å². The Balaban J connectivity index is 1.47. The smallest absolute Gasteiger partial charge is 0.159 e. The van der Waals surface area contributed by atoms with Crippen molar-refractivity contribution in [2.24, 2.45) is 0 Å². The van der Waals surface area contributed by atoms with E-state index in [0.29, 0.717) is 28.2 Å². The van der Waals surface area contributed by atoms with Crippen LogP contribution in [0.25, 0.3) is 44.6 Å². The highest BCUT2D eigenvalue weighted by Crippen LogP contribution is 2.34. The molecule has 6 rings (SSSR count). The van der Waals surface area contributed by atoms with Crippen molar-refractivity contribution < 1.29 is 4.39 Å². The Bertz CT molecular complexity index is 1500. The van der Waals surface area contributed by atoms with Crippen LogP contribution in [0, 0.1) is 5.82 Å². The van der Waals surface area contributed by atoms with Crippen molar-refractivity contribution in [2.75, 3.05) is 37.0 Å². The molecule has 0 bridgehead atoms. The van der Waals surface area contributed by atoms with Crippen molar-refractivity contribution in [1.29, 1.82) is 0 Å². The van der Waals surface area contributed by atoms with Crippen molar-refractivity contribution in [3.05, 3.63) is 48.7 Å². The number of imidazole rings is 1. The zero-order chi connectivity index (χ0) is 23.2. The van der Waals surface area contributed by atoms with E-state index in [1.807, 2.05) is 43.4 Å². The fourth-order valence-corrected chi connectivity index (χ4v) is 4.63. The molecule has 5 heterocycles. The van der Waals surface area contributed by atoms with Crippen LogP contribution in [0.15, 0.2) is 42.9 Å². The second-order valence-corrected chi connectivity index (χ2v) is 8.94. The van der Waals surface area contributed by atoms with Gasteiger partial charge in [0.2, 0.25) is 0 Å². The Hall–Kier alpha value is -4.01. The second-order valence-electron chi connectivity index (χ2n) is 8.94. The molecule has 9 heteroatoms. The van der Waals surface area contributed by atoms with E-state index < -0.39 is 0 Å². The number of rotatable bonds is 4. The van der Waals surface area contributed by atoms with Crippen molar-refractivity contribution in [3.8, 4) is 22.6 Å². The molecule has 0 unspecified atom stereocenters. The van der Waals surface area contributed by atoms with Gasteiger partial charge in [0.05, 0.1) is 22.9 Å². The van der Waals surface area contributed by atoms with Crippen molar-refractivity contribution >= 4 is 33.4 Å². The Kier molecular flexibility index (Phi) is 4.90. The third kappa shape index (κ3) is 3.44. The second kappa shape index (κ2) is 8.09. The van der Waals surface area contributed by atoms with Gasteiger partial charge in [-0.1, -0.05) is 0 Å². The van der Waals surface area contributed by atoms with Gasteiger partial charge >= 0.3 is 0 Å². The fourth-order valence-electron chi connectivity index (χ4n) is 4.63. The van der Waals surface area contributed by atoms with E-state index in [1.165, 1.54) is 12.5 Å². The summed E-state index contributed by atoms with van der Waals surface area (Å²) in [6.45, 7) is 1.98. The van der Waals surface area contributed by atoms with E-state index in [-0.39, 0.29) is 5.82 Å². The van der Waals surface area contributed by atoms with Crippen molar-refractivity contribution in [1.82, 2.24) is 30.1 Å². The molecular formula is C25H25FN8. The van der Waals surface area contributed by atoms with Crippen molar-refractivity contribution in [3.63, 3.8) is 0 Å². The number of aromatic amines is 2. The molecule has 4 aromatic heterocycles. The summed E-state index contributed by atoms with van der Waals surface area (Å²) in [5.41, 5.74) is 5.08. The lowest BCUT2D eigenvalue weighted by atomic mass is 10.0. The maximum Gasteiger partial charge on any atom is 0.159 e. The van der Waals surface area contributed by atoms with Gasteiger partial charge in [0, 0.05) is 62.2 Å². The van der Waals surface area contributed by atoms with Gasteiger partial charge < -0.3 is 14.8 Å².